The molecule has 0 radical (unpaired) electrons. The quantitative estimate of drug-likeness (QED) is 0.515. The second-order valence-electron chi connectivity index (χ2n) is 3.73. The van der Waals surface area contributed by atoms with Gasteiger partial charge in [0, 0.05) is 18.5 Å². The molecule has 2 nitrogen and oxygen atoms in total. The monoisotopic (exact) mass is 141 g/mol. The summed E-state index contributed by atoms with van der Waals surface area (Å²) < 4.78 is 0. The number of hydrogen-bond acceptors (Lipinski definition) is 2. The average Bonchev–Trinajstić information content (AvgIpc) is 1.85. The maximum Gasteiger partial charge on any atom is 0.0620 e. The van der Waals surface area contributed by atoms with E-state index in [1.54, 1.807) is 0 Å². The van der Waals surface area contributed by atoms with Crippen molar-refractivity contribution in [3.8, 4) is 0 Å². The van der Waals surface area contributed by atoms with E-state index in [4.69, 9.17) is 0 Å². The van der Waals surface area contributed by atoms with E-state index in [1.807, 2.05) is 0 Å². The first-order chi connectivity index (χ1) is 4.83. The van der Waals surface area contributed by atoms with Crippen LogP contribution in [0.15, 0.2) is 0 Å². The maximum absolute atomic E-state index is 9.64. The summed E-state index contributed by atoms with van der Waals surface area (Å²) in [6.45, 7) is 2.10. The van der Waals surface area contributed by atoms with Crippen LogP contribution in [0.25, 0.3) is 0 Å². The van der Waals surface area contributed by atoms with Crippen molar-refractivity contribution in [1.82, 2.24) is 5.32 Å². The van der Waals surface area contributed by atoms with Gasteiger partial charge in [0.05, 0.1) is 6.10 Å². The molecule has 1 unspecified atom stereocenters. The molecule has 0 aromatic carbocycles. The lowest BCUT2D eigenvalue weighted by molar-refractivity contribution is -0.0464. The lowest BCUT2D eigenvalue weighted by atomic mass is 9.68. The third-order valence-corrected chi connectivity index (χ3v) is 3.06. The van der Waals surface area contributed by atoms with E-state index in [0.29, 0.717) is 5.41 Å². The Morgan fingerprint density at radius 2 is 2.10 bits per heavy atom. The molecule has 1 atom stereocenters. The van der Waals surface area contributed by atoms with Crippen LogP contribution < -0.4 is 5.32 Å². The maximum atomic E-state index is 9.64. The van der Waals surface area contributed by atoms with Crippen molar-refractivity contribution < 1.29 is 5.11 Å². The topological polar surface area (TPSA) is 32.3 Å². The van der Waals surface area contributed by atoms with Crippen LogP contribution in [-0.2, 0) is 0 Å². The summed E-state index contributed by atoms with van der Waals surface area (Å²) in [4.78, 5) is 0. The van der Waals surface area contributed by atoms with Crippen molar-refractivity contribution in [3.63, 3.8) is 0 Å². The van der Waals surface area contributed by atoms with E-state index in [-0.39, 0.29) is 6.10 Å². The highest BCUT2D eigenvalue weighted by atomic mass is 16.3. The molecule has 58 valence electrons. The van der Waals surface area contributed by atoms with E-state index in [2.05, 4.69) is 5.32 Å². The Labute approximate surface area is 61.6 Å². The summed E-state index contributed by atoms with van der Waals surface area (Å²) in [5.41, 5.74) is 0.304. The minimum absolute atomic E-state index is 0.0116. The van der Waals surface area contributed by atoms with Crippen LogP contribution in [-0.4, -0.2) is 24.3 Å². The molecule has 2 N–H and O–H groups in total. The summed E-state index contributed by atoms with van der Waals surface area (Å²) in [6, 6.07) is 0. The van der Waals surface area contributed by atoms with E-state index < -0.39 is 0 Å². The molecule has 0 bridgehead atoms. The molecule has 10 heavy (non-hydrogen) atoms. The molecule has 2 rings (SSSR count). The molecule has 1 saturated carbocycles. The van der Waals surface area contributed by atoms with E-state index >= 15 is 0 Å². The molecule has 1 aliphatic heterocycles. The first kappa shape index (κ1) is 6.62. The van der Waals surface area contributed by atoms with Crippen LogP contribution in [0.1, 0.15) is 25.7 Å². The van der Waals surface area contributed by atoms with Crippen LogP contribution in [0.3, 0.4) is 0 Å². The number of aliphatic hydroxyl groups excluding tert-OH is 1. The van der Waals surface area contributed by atoms with Crippen LogP contribution >= 0.6 is 0 Å². The van der Waals surface area contributed by atoms with Crippen LogP contribution in [0, 0.1) is 5.41 Å². The van der Waals surface area contributed by atoms with Gasteiger partial charge in [0.1, 0.15) is 0 Å². The Kier molecular flexibility index (Phi) is 1.46. The SMILES string of the molecule is OC1CCCCC12CNC2. The number of nitrogens with one attached hydrogen (secondary N) is 1. The fourth-order valence-corrected chi connectivity index (χ4v) is 2.15. The highest BCUT2D eigenvalue weighted by molar-refractivity contribution is 4.99. The molecule has 1 heterocycles. The zero-order chi connectivity index (χ0) is 7.03. The van der Waals surface area contributed by atoms with Gasteiger partial charge in [-0.05, 0) is 12.8 Å². The zero-order valence-electron chi connectivity index (χ0n) is 6.27. The fourth-order valence-electron chi connectivity index (χ4n) is 2.15. The summed E-state index contributed by atoms with van der Waals surface area (Å²) in [5, 5.41) is 12.9. The molecule has 2 fully saturated rings. The Balaban J connectivity index is 2.03. The van der Waals surface area contributed by atoms with Gasteiger partial charge in [-0.2, -0.15) is 0 Å². The van der Waals surface area contributed by atoms with Crippen molar-refractivity contribution in [2.75, 3.05) is 13.1 Å². The second-order valence-corrected chi connectivity index (χ2v) is 3.73. The van der Waals surface area contributed by atoms with E-state index in [9.17, 15) is 5.11 Å². The third-order valence-electron chi connectivity index (χ3n) is 3.06. The average molecular weight is 141 g/mol. The third kappa shape index (κ3) is 0.789. The minimum Gasteiger partial charge on any atom is -0.392 e. The summed E-state index contributed by atoms with van der Waals surface area (Å²) in [5.74, 6) is 0. The molecule has 0 amide bonds. The van der Waals surface area contributed by atoms with Crippen molar-refractivity contribution in [1.29, 1.82) is 0 Å². The number of rotatable bonds is 0. The molecule has 1 spiro atoms. The second kappa shape index (κ2) is 2.21. The minimum atomic E-state index is -0.0116. The smallest absolute Gasteiger partial charge is 0.0620 e. The van der Waals surface area contributed by atoms with Gasteiger partial charge < -0.3 is 10.4 Å². The van der Waals surface area contributed by atoms with Crippen LogP contribution in [0.5, 0.6) is 0 Å². The van der Waals surface area contributed by atoms with Crippen LogP contribution in [0.4, 0.5) is 0 Å². The van der Waals surface area contributed by atoms with Gasteiger partial charge in [-0.1, -0.05) is 12.8 Å². The van der Waals surface area contributed by atoms with Crippen molar-refractivity contribution in [3.05, 3.63) is 0 Å². The Morgan fingerprint density at radius 3 is 2.50 bits per heavy atom. The van der Waals surface area contributed by atoms with E-state index in [0.717, 1.165) is 19.5 Å². The summed E-state index contributed by atoms with van der Waals surface area (Å²) >= 11 is 0. The highest BCUT2D eigenvalue weighted by Crippen LogP contribution is 2.39. The highest BCUT2D eigenvalue weighted by Gasteiger charge is 2.44. The van der Waals surface area contributed by atoms with E-state index in [1.165, 1.54) is 19.3 Å². The van der Waals surface area contributed by atoms with Gasteiger partial charge in [-0.3, -0.25) is 0 Å². The van der Waals surface area contributed by atoms with Crippen LogP contribution in [0.2, 0.25) is 0 Å². The van der Waals surface area contributed by atoms with Gasteiger partial charge in [0.2, 0.25) is 0 Å². The standard InChI is InChI=1S/C8H15NO/c10-7-3-1-2-4-8(7)5-9-6-8/h7,9-10H,1-6H2. The van der Waals surface area contributed by atoms with Crippen molar-refractivity contribution in [2.24, 2.45) is 5.41 Å². The summed E-state index contributed by atoms with van der Waals surface area (Å²) in [6.07, 6.45) is 4.80. The normalized spacial score (nSPS) is 37.5. The molecule has 0 aromatic rings. The van der Waals surface area contributed by atoms with Gasteiger partial charge >= 0.3 is 0 Å². The molecular formula is C8H15NO. The fraction of sp³-hybridized carbons (Fsp3) is 1.00. The number of aliphatic hydroxyl groups is 1. The predicted octanol–water partition coefficient (Wildman–Crippen LogP) is 0.511. The van der Waals surface area contributed by atoms with Gasteiger partial charge in [0.15, 0.2) is 0 Å². The Hall–Kier alpha value is -0.0800. The molecule has 1 aliphatic carbocycles. The van der Waals surface area contributed by atoms with Gasteiger partial charge in [0.25, 0.3) is 0 Å². The molecule has 2 heteroatoms. The Morgan fingerprint density at radius 1 is 1.30 bits per heavy atom. The molecule has 2 aliphatic rings. The lowest BCUT2D eigenvalue weighted by Crippen LogP contribution is -2.60. The molecular weight excluding hydrogens is 126 g/mol. The number of hydrogen-bond donors (Lipinski definition) is 2. The van der Waals surface area contributed by atoms with Crippen molar-refractivity contribution >= 4 is 0 Å². The van der Waals surface area contributed by atoms with Gasteiger partial charge in [-0.25, -0.2) is 0 Å². The first-order valence-electron chi connectivity index (χ1n) is 4.22. The predicted molar refractivity (Wildman–Crippen MR) is 39.8 cm³/mol. The first-order valence-corrected chi connectivity index (χ1v) is 4.22. The van der Waals surface area contributed by atoms with Crippen molar-refractivity contribution in [2.45, 2.75) is 31.8 Å². The summed E-state index contributed by atoms with van der Waals surface area (Å²) in [7, 11) is 0. The largest absolute Gasteiger partial charge is 0.392 e. The molecule has 1 saturated heterocycles. The van der Waals surface area contributed by atoms with Gasteiger partial charge in [-0.15, -0.1) is 0 Å². The Bertz CT molecular complexity index is 131. The lowest BCUT2D eigenvalue weighted by Gasteiger charge is -2.48. The molecule has 0 aromatic heterocycles. The zero-order valence-corrected chi connectivity index (χ0v) is 6.27.